The van der Waals surface area contributed by atoms with Crippen LogP contribution in [0.1, 0.15) is 21.5 Å². The Morgan fingerprint density at radius 1 is 0.486 bits per heavy atom. The molecule has 166 valence electrons. The molecule has 1 nitrogen and oxygen atoms in total. The highest BCUT2D eigenvalue weighted by molar-refractivity contribution is 7.99. The number of rotatable bonds is 5. The van der Waals surface area contributed by atoms with Crippen LogP contribution in [0.5, 0.6) is 0 Å². The lowest BCUT2D eigenvalue weighted by Crippen LogP contribution is -2.29. The Morgan fingerprint density at radius 3 is 1.37 bits per heavy atom. The third-order valence-corrected chi connectivity index (χ3v) is 9.66. The van der Waals surface area contributed by atoms with Crippen molar-refractivity contribution < 1.29 is 4.79 Å². The second-order valence-electron chi connectivity index (χ2n) is 8.16. The SMILES string of the molecule is O=C(c1ccccc1)c1ccccc1C#C[P+](c1ccccc1)(c1ccccc1)c1ccccc1. The van der Waals surface area contributed by atoms with E-state index in [9.17, 15) is 4.79 Å². The summed E-state index contributed by atoms with van der Waals surface area (Å²) in [6.45, 7) is 0. The van der Waals surface area contributed by atoms with E-state index in [-0.39, 0.29) is 5.78 Å². The molecule has 0 radical (unpaired) electrons. The summed E-state index contributed by atoms with van der Waals surface area (Å²) in [7, 11) is -2.31. The third kappa shape index (κ3) is 4.58. The molecule has 0 bridgehead atoms. The summed E-state index contributed by atoms with van der Waals surface area (Å²) in [5, 5.41) is 3.57. The molecule has 0 aliphatic rings. The topological polar surface area (TPSA) is 17.1 Å². The van der Waals surface area contributed by atoms with E-state index in [1.807, 2.05) is 72.8 Å². The second kappa shape index (κ2) is 10.4. The first kappa shape index (κ1) is 22.5. The van der Waals surface area contributed by atoms with Gasteiger partial charge < -0.3 is 0 Å². The molecule has 0 aromatic heterocycles. The van der Waals surface area contributed by atoms with Gasteiger partial charge in [-0.3, -0.25) is 4.79 Å². The molecule has 0 fully saturated rings. The zero-order valence-electron chi connectivity index (χ0n) is 19.2. The van der Waals surface area contributed by atoms with Gasteiger partial charge in [0.05, 0.1) is 5.66 Å². The van der Waals surface area contributed by atoms with Crippen molar-refractivity contribution in [2.75, 3.05) is 0 Å². The highest BCUT2D eigenvalue weighted by Gasteiger charge is 2.44. The van der Waals surface area contributed by atoms with Gasteiger partial charge in [0.25, 0.3) is 0 Å². The number of carbonyl (C=O) groups excluding carboxylic acids is 1. The fourth-order valence-electron chi connectivity index (χ4n) is 4.27. The number of ketones is 1. The van der Waals surface area contributed by atoms with Gasteiger partial charge in [-0.15, -0.1) is 0 Å². The molecule has 0 atom stereocenters. The Balaban J connectivity index is 1.74. The van der Waals surface area contributed by atoms with Crippen LogP contribution in [0.2, 0.25) is 0 Å². The maximum absolute atomic E-state index is 13.3. The lowest BCUT2D eigenvalue weighted by atomic mass is 9.99. The van der Waals surface area contributed by atoms with Crippen LogP contribution < -0.4 is 15.9 Å². The lowest BCUT2D eigenvalue weighted by Gasteiger charge is -2.21. The van der Waals surface area contributed by atoms with Crippen LogP contribution in [0.4, 0.5) is 0 Å². The average Bonchev–Trinajstić information content (AvgIpc) is 2.95. The molecule has 0 saturated heterocycles. The minimum atomic E-state index is -2.31. The van der Waals surface area contributed by atoms with Crippen LogP contribution in [0, 0.1) is 11.6 Å². The summed E-state index contributed by atoms with van der Waals surface area (Å²) in [5.74, 6) is 3.46. The maximum atomic E-state index is 13.3. The number of hydrogen-bond acceptors (Lipinski definition) is 1. The number of carbonyl (C=O) groups is 1. The molecule has 2 heteroatoms. The normalized spacial score (nSPS) is 10.7. The van der Waals surface area contributed by atoms with E-state index in [0.29, 0.717) is 11.1 Å². The van der Waals surface area contributed by atoms with Gasteiger partial charge in [0.2, 0.25) is 0 Å². The van der Waals surface area contributed by atoms with Gasteiger partial charge in [-0.1, -0.05) is 97.1 Å². The Labute approximate surface area is 207 Å². The zero-order valence-corrected chi connectivity index (χ0v) is 20.1. The Hall–Kier alpha value is -4.24. The smallest absolute Gasteiger partial charge is 0.194 e. The summed E-state index contributed by atoms with van der Waals surface area (Å²) in [5.41, 5.74) is 5.79. The lowest BCUT2D eigenvalue weighted by molar-refractivity contribution is 0.103. The van der Waals surface area contributed by atoms with Crippen molar-refractivity contribution in [2.45, 2.75) is 0 Å². The van der Waals surface area contributed by atoms with Gasteiger partial charge >= 0.3 is 0 Å². The molecule has 0 aliphatic carbocycles. The zero-order chi connectivity index (χ0) is 23.9. The predicted molar refractivity (Wildman–Crippen MR) is 148 cm³/mol. The van der Waals surface area contributed by atoms with E-state index >= 15 is 0 Å². The van der Waals surface area contributed by atoms with Gasteiger partial charge in [-0.05, 0) is 54.5 Å². The maximum Gasteiger partial charge on any atom is 0.194 e. The second-order valence-corrected chi connectivity index (χ2v) is 11.3. The highest BCUT2D eigenvalue weighted by Crippen LogP contribution is 2.54. The van der Waals surface area contributed by atoms with Crippen molar-refractivity contribution in [3.05, 3.63) is 162 Å². The quantitative estimate of drug-likeness (QED) is 0.170. The molecule has 0 N–H and O–H groups in total. The first-order valence-corrected chi connectivity index (χ1v) is 13.4. The van der Waals surface area contributed by atoms with Crippen molar-refractivity contribution in [2.24, 2.45) is 0 Å². The summed E-state index contributed by atoms with van der Waals surface area (Å²) in [4.78, 5) is 13.3. The van der Waals surface area contributed by atoms with Crippen LogP contribution >= 0.6 is 7.26 Å². The van der Waals surface area contributed by atoms with Crippen LogP contribution in [0.15, 0.2) is 146 Å². The average molecular weight is 468 g/mol. The Bertz CT molecular complexity index is 1390. The molecule has 0 heterocycles. The molecule has 5 aromatic rings. The first-order chi connectivity index (χ1) is 17.3. The molecule has 35 heavy (non-hydrogen) atoms. The third-order valence-electron chi connectivity index (χ3n) is 6.00. The summed E-state index contributed by atoms with van der Waals surface area (Å²) in [6.07, 6.45) is 0. The molecule has 0 saturated carbocycles. The molecule has 0 aliphatic heterocycles. The van der Waals surface area contributed by atoms with Crippen molar-refractivity contribution >= 4 is 29.0 Å². The van der Waals surface area contributed by atoms with Crippen LogP contribution in [-0.2, 0) is 0 Å². The van der Waals surface area contributed by atoms with Crippen molar-refractivity contribution in [1.82, 2.24) is 0 Å². The van der Waals surface area contributed by atoms with Crippen molar-refractivity contribution in [3.63, 3.8) is 0 Å². The minimum Gasteiger partial charge on any atom is -0.289 e. The predicted octanol–water partition coefficient (Wildman–Crippen LogP) is 6.22. The van der Waals surface area contributed by atoms with E-state index in [0.717, 1.165) is 5.56 Å². The summed E-state index contributed by atoms with van der Waals surface area (Å²) in [6, 6.07) is 48.6. The van der Waals surface area contributed by atoms with E-state index in [1.54, 1.807) is 0 Å². The Kier molecular flexibility index (Phi) is 6.67. The molecule has 5 aromatic carbocycles. The first-order valence-electron chi connectivity index (χ1n) is 11.6. The van der Waals surface area contributed by atoms with Crippen molar-refractivity contribution in [3.8, 4) is 11.6 Å². The molecule has 0 amide bonds. The molecular formula is C33H24OP+. The van der Waals surface area contributed by atoms with E-state index in [1.165, 1.54) is 15.9 Å². The van der Waals surface area contributed by atoms with Gasteiger partial charge in [-0.25, -0.2) is 0 Å². The van der Waals surface area contributed by atoms with Crippen LogP contribution in [0.25, 0.3) is 0 Å². The molecular weight excluding hydrogens is 443 g/mol. The monoisotopic (exact) mass is 467 g/mol. The fourth-order valence-corrected chi connectivity index (χ4v) is 7.70. The number of hydrogen-bond donors (Lipinski definition) is 0. The summed E-state index contributed by atoms with van der Waals surface area (Å²) >= 11 is 0. The number of benzene rings is 5. The molecule has 0 unspecified atom stereocenters. The van der Waals surface area contributed by atoms with E-state index in [2.05, 4.69) is 84.4 Å². The van der Waals surface area contributed by atoms with E-state index < -0.39 is 7.26 Å². The standard InChI is InChI=1S/C33H24OP/c34-33(28-16-5-1-6-17-28)32-24-14-13-15-27(32)25-26-35(29-18-7-2-8-19-29,30-20-9-3-10-21-30)31-22-11-4-12-23-31/h1-24H/q+1. The minimum absolute atomic E-state index is 0.0152. The van der Waals surface area contributed by atoms with Crippen molar-refractivity contribution in [1.29, 1.82) is 0 Å². The highest BCUT2D eigenvalue weighted by atomic mass is 31.2. The van der Waals surface area contributed by atoms with Crippen LogP contribution in [-0.4, -0.2) is 5.78 Å². The van der Waals surface area contributed by atoms with Gasteiger partial charge in [0.1, 0.15) is 15.9 Å². The largest absolute Gasteiger partial charge is 0.289 e. The van der Waals surface area contributed by atoms with E-state index in [4.69, 9.17) is 0 Å². The molecule has 0 spiro atoms. The fraction of sp³-hybridized carbons (Fsp3) is 0. The molecule has 5 rings (SSSR count). The van der Waals surface area contributed by atoms with Crippen LogP contribution in [0.3, 0.4) is 0 Å². The van der Waals surface area contributed by atoms with Gasteiger partial charge in [0.15, 0.2) is 13.0 Å². The summed E-state index contributed by atoms with van der Waals surface area (Å²) < 4.78 is 0. The Morgan fingerprint density at radius 2 is 0.886 bits per heavy atom. The van der Waals surface area contributed by atoms with Gasteiger partial charge in [0, 0.05) is 16.7 Å². The van der Waals surface area contributed by atoms with Gasteiger partial charge in [-0.2, -0.15) is 0 Å².